The number of rotatable bonds is 2. The molecule has 1 aliphatic heterocycles. The molecule has 1 aromatic heterocycles. The zero-order valence-electron chi connectivity index (χ0n) is 13.1. The van der Waals surface area contributed by atoms with Gasteiger partial charge in [0.1, 0.15) is 11.6 Å². The van der Waals surface area contributed by atoms with E-state index in [9.17, 15) is 0 Å². The van der Waals surface area contributed by atoms with Crippen LogP contribution < -0.4 is 11.5 Å². The summed E-state index contributed by atoms with van der Waals surface area (Å²) in [7, 11) is 0. The number of nitrogens with two attached hydrogens (primary N) is 2. The zero-order valence-corrected chi connectivity index (χ0v) is 13.9. The molecule has 0 spiro atoms. The van der Waals surface area contributed by atoms with Gasteiger partial charge in [0.2, 0.25) is 0 Å². The van der Waals surface area contributed by atoms with Crippen molar-refractivity contribution in [1.29, 1.82) is 0 Å². The summed E-state index contributed by atoms with van der Waals surface area (Å²) in [5.74, 6) is 1.35. The summed E-state index contributed by atoms with van der Waals surface area (Å²) in [6.45, 7) is 7.12. The predicted molar refractivity (Wildman–Crippen MR) is 92.8 cm³/mol. The van der Waals surface area contributed by atoms with E-state index in [2.05, 4.69) is 28.7 Å². The van der Waals surface area contributed by atoms with Crippen molar-refractivity contribution in [2.75, 3.05) is 18.8 Å². The van der Waals surface area contributed by atoms with Gasteiger partial charge >= 0.3 is 0 Å². The second kappa shape index (κ2) is 6.36. The molecule has 120 valence electrons. The van der Waals surface area contributed by atoms with E-state index >= 15 is 0 Å². The van der Waals surface area contributed by atoms with E-state index in [1.54, 1.807) is 0 Å². The van der Waals surface area contributed by atoms with E-state index in [1.165, 1.54) is 0 Å². The third kappa shape index (κ3) is 3.32. The Morgan fingerprint density at radius 2 is 2.00 bits per heavy atom. The number of nitrogen functional groups attached to an aromatic ring is 1. The lowest BCUT2D eigenvalue weighted by atomic mass is 9.80. The Bertz CT molecular complexity index is 658. The van der Waals surface area contributed by atoms with Crippen LogP contribution in [0.2, 0.25) is 0 Å². The van der Waals surface area contributed by atoms with Crippen LogP contribution in [-0.2, 0) is 6.54 Å². The predicted octanol–water partition coefficient (Wildman–Crippen LogP) is 2.19. The normalized spacial score (nSPS) is 21.5. The van der Waals surface area contributed by atoms with E-state index in [4.69, 9.17) is 11.5 Å². The van der Waals surface area contributed by atoms with Crippen LogP contribution in [0.25, 0.3) is 10.9 Å². The Morgan fingerprint density at radius 3 is 2.73 bits per heavy atom. The molecular weight excluding hydrogens is 298 g/mol. The molecule has 1 fully saturated rings. The number of benzene rings is 1. The summed E-state index contributed by atoms with van der Waals surface area (Å²) in [6.07, 6.45) is 1.01. The molecule has 0 aliphatic carbocycles. The van der Waals surface area contributed by atoms with Gasteiger partial charge in [-0.05, 0) is 24.0 Å². The number of halogens is 1. The molecule has 5 nitrogen and oxygen atoms in total. The van der Waals surface area contributed by atoms with Gasteiger partial charge in [-0.2, -0.15) is 0 Å². The smallest absolute Gasteiger partial charge is 0.145 e. The van der Waals surface area contributed by atoms with Gasteiger partial charge in [-0.3, -0.25) is 4.90 Å². The summed E-state index contributed by atoms with van der Waals surface area (Å²) >= 11 is 0. The minimum atomic E-state index is 0. The Morgan fingerprint density at radius 1 is 1.27 bits per heavy atom. The molecule has 1 aliphatic rings. The average Bonchev–Trinajstić information content (AvgIpc) is 2.43. The van der Waals surface area contributed by atoms with Crippen LogP contribution in [0.5, 0.6) is 0 Å². The minimum Gasteiger partial charge on any atom is -0.383 e. The number of hydrogen-bond donors (Lipinski definition) is 2. The fourth-order valence-electron chi connectivity index (χ4n) is 3.04. The van der Waals surface area contributed by atoms with Gasteiger partial charge in [-0.15, -0.1) is 12.4 Å². The van der Waals surface area contributed by atoms with Crippen LogP contribution in [-0.4, -0.2) is 34.0 Å². The van der Waals surface area contributed by atoms with E-state index in [0.29, 0.717) is 5.82 Å². The van der Waals surface area contributed by atoms with Crippen LogP contribution in [0.1, 0.15) is 26.1 Å². The fourth-order valence-corrected chi connectivity index (χ4v) is 3.04. The highest BCUT2D eigenvalue weighted by Gasteiger charge is 2.33. The Labute approximate surface area is 137 Å². The highest BCUT2D eigenvalue weighted by atomic mass is 35.5. The van der Waals surface area contributed by atoms with E-state index in [0.717, 1.165) is 42.8 Å². The maximum atomic E-state index is 6.19. The molecule has 2 heterocycles. The summed E-state index contributed by atoms with van der Waals surface area (Å²) in [5.41, 5.74) is 13.3. The standard InChI is InChI=1S/C16H23N5.ClH/c1-16(2)10-21(8-7-13(16)17)9-14-19-12-6-4-3-5-11(12)15(18)20-14;/h3-6,13H,7-10,17H2,1-2H3,(H2,18,19,20);1H. The van der Waals surface area contributed by atoms with Crippen molar-refractivity contribution in [3.8, 4) is 0 Å². The molecular formula is C16H24ClN5. The molecule has 2 aromatic rings. The van der Waals surface area contributed by atoms with Gasteiger partial charge in [0.25, 0.3) is 0 Å². The molecule has 1 unspecified atom stereocenters. The Kier molecular flexibility index (Phi) is 4.90. The van der Waals surface area contributed by atoms with E-state index in [1.807, 2.05) is 24.3 Å². The third-order valence-corrected chi connectivity index (χ3v) is 4.44. The second-order valence-electron chi connectivity index (χ2n) is 6.64. The number of likely N-dealkylation sites (tertiary alicyclic amines) is 1. The molecule has 0 amide bonds. The molecule has 22 heavy (non-hydrogen) atoms. The molecule has 1 aromatic carbocycles. The quantitative estimate of drug-likeness (QED) is 0.886. The first-order chi connectivity index (χ1) is 9.95. The van der Waals surface area contributed by atoms with E-state index < -0.39 is 0 Å². The van der Waals surface area contributed by atoms with Gasteiger partial charge < -0.3 is 11.5 Å². The van der Waals surface area contributed by atoms with Gasteiger partial charge in [0, 0.05) is 24.5 Å². The van der Waals surface area contributed by atoms with E-state index in [-0.39, 0.29) is 23.9 Å². The molecule has 0 saturated carbocycles. The molecule has 0 bridgehead atoms. The van der Waals surface area contributed by atoms with Crippen molar-refractivity contribution >= 4 is 29.1 Å². The second-order valence-corrected chi connectivity index (χ2v) is 6.64. The summed E-state index contributed by atoms with van der Waals surface area (Å²) in [4.78, 5) is 11.5. The van der Waals surface area contributed by atoms with Crippen LogP contribution in [0, 0.1) is 5.41 Å². The number of piperidine rings is 1. The van der Waals surface area contributed by atoms with Gasteiger partial charge in [0.15, 0.2) is 0 Å². The first kappa shape index (κ1) is 16.9. The molecule has 0 radical (unpaired) electrons. The Hall–Kier alpha value is -1.43. The van der Waals surface area contributed by atoms with Crippen LogP contribution in [0.3, 0.4) is 0 Å². The molecule has 6 heteroatoms. The lowest BCUT2D eigenvalue weighted by Crippen LogP contribution is -2.52. The largest absolute Gasteiger partial charge is 0.383 e. The summed E-state index contributed by atoms with van der Waals surface area (Å²) in [6, 6.07) is 8.12. The third-order valence-electron chi connectivity index (χ3n) is 4.44. The zero-order chi connectivity index (χ0) is 15.0. The number of anilines is 1. The summed E-state index contributed by atoms with van der Waals surface area (Å²) < 4.78 is 0. The highest BCUT2D eigenvalue weighted by Crippen LogP contribution is 2.28. The highest BCUT2D eigenvalue weighted by molar-refractivity contribution is 5.87. The number of para-hydroxylation sites is 1. The van der Waals surface area contributed by atoms with Crippen LogP contribution >= 0.6 is 12.4 Å². The van der Waals surface area contributed by atoms with Crippen molar-refractivity contribution in [1.82, 2.24) is 14.9 Å². The van der Waals surface area contributed by atoms with Crippen molar-refractivity contribution in [3.63, 3.8) is 0 Å². The molecule has 4 N–H and O–H groups in total. The summed E-state index contributed by atoms with van der Waals surface area (Å²) in [5, 5.41) is 0.919. The first-order valence-corrected chi connectivity index (χ1v) is 7.45. The first-order valence-electron chi connectivity index (χ1n) is 7.45. The average molecular weight is 322 g/mol. The number of aromatic nitrogens is 2. The molecule has 1 saturated heterocycles. The Balaban J connectivity index is 0.00000176. The van der Waals surface area contributed by atoms with Crippen molar-refractivity contribution in [3.05, 3.63) is 30.1 Å². The topological polar surface area (TPSA) is 81.1 Å². The SMILES string of the molecule is CC1(C)CN(Cc2nc(N)c3ccccc3n2)CCC1N.Cl. The van der Waals surface area contributed by atoms with Crippen molar-refractivity contribution in [2.45, 2.75) is 32.9 Å². The fraction of sp³-hybridized carbons (Fsp3) is 0.500. The van der Waals surface area contributed by atoms with Crippen LogP contribution in [0.4, 0.5) is 5.82 Å². The lowest BCUT2D eigenvalue weighted by molar-refractivity contribution is 0.0879. The van der Waals surface area contributed by atoms with Crippen molar-refractivity contribution in [2.24, 2.45) is 11.1 Å². The van der Waals surface area contributed by atoms with Crippen LogP contribution in [0.15, 0.2) is 24.3 Å². The van der Waals surface area contributed by atoms with Crippen molar-refractivity contribution < 1.29 is 0 Å². The molecule has 3 rings (SSSR count). The number of fused-ring (bicyclic) bond motifs is 1. The van der Waals surface area contributed by atoms with Gasteiger partial charge in [-0.1, -0.05) is 26.0 Å². The number of hydrogen-bond acceptors (Lipinski definition) is 5. The lowest BCUT2D eigenvalue weighted by Gasteiger charge is -2.42. The molecule has 1 atom stereocenters. The van der Waals surface area contributed by atoms with Gasteiger partial charge in [0.05, 0.1) is 12.1 Å². The maximum Gasteiger partial charge on any atom is 0.145 e. The monoisotopic (exact) mass is 321 g/mol. The number of nitrogens with zero attached hydrogens (tertiary/aromatic N) is 3. The van der Waals surface area contributed by atoms with Gasteiger partial charge in [-0.25, -0.2) is 9.97 Å². The minimum absolute atomic E-state index is 0. The maximum absolute atomic E-state index is 6.19.